The minimum Gasteiger partial charge on any atom is -0.391 e. The molecule has 1 aliphatic carbocycles. The van der Waals surface area contributed by atoms with Gasteiger partial charge in [-0.15, -0.1) is 0 Å². The van der Waals surface area contributed by atoms with Gasteiger partial charge >= 0.3 is 0 Å². The summed E-state index contributed by atoms with van der Waals surface area (Å²) < 4.78 is 5.22. The Labute approximate surface area is 119 Å². The molecule has 1 aromatic rings. The summed E-state index contributed by atoms with van der Waals surface area (Å²) in [4.78, 5) is 8.07. The van der Waals surface area contributed by atoms with Crippen LogP contribution < -0.4 is 4.90 Å². The minimum atomic E-state index is 0.0940. The molecule has 19 heavy (non-hydrogen) atoms. The molecule has 1 unspecified atom stereocenters. The molecule has 0 bridgehead atoms. The highest BCUT2D eigenvalue weighted by Crippen LogP contribution is 2.38. The number of ether oxygens (including phenoxy) is 1. The summed E-state index contributed by atoms with van der Waals surface area (Å²) in [6.45, 7) is 6.04. The summed E-state index contributed by atoms with van der Waals surface area (Å²) in [5.41, 5.74) is 1.04. The van der Waals surface area contributed by atoms with Crippen LogP contribution in [-0.4, -0.2) is 36.4 Å². The van der Waals surface area contributed by atoms with Gasteiger partial charge in [0.2, 0.25) is 0 Å². The van der Waals surface area contributed by atoms with E-state index < -0.39 is 0 Å². The number of hydrogen-bond acceptors (Lipinski definition) is 5. The molecular weight excluding hydrogens is 260 g/mol. The Morgan fingerprint density at radius 3 is 2.74 bits per heavy atom. The Hall–Kier alpha value is -0.650. The van der Waals surface area contributed by atoms with Crippen molar-refractivity contribution in [2.45, 2.75) is 45.8 Å². The van der Waals surface area contributed by atoms with Crippen LogP contribution in [0.25, 0.3) is 0 Å². The van der Waals surface area contributed by atoms with Crippen LogP contribution in [0, 0.1) is 5.92 Å². The third-order valence-electron chi connectivity index (χ3n) is 3.82. The summed E-state index contributed by atoms with van der Waals surface area (Å²) >= 11 is 1.63. The summed E-state index contributed by atoms with van der Waals surface area (Å²) in [6, 6.07) is 0.512. The topological polar surface area (TPSA) is 45.6 Å². The van der Waals surface area contributed by atoms with Crippen molar-refractivity contribution < 1.29 is 9.84 Å². The van der Waals surface area contributed by atoms with E-state index in [1.807, 2.05) is 0 Å². The molecule has 1 saturated carbocycles. The molecule has 0 saturated heterocycles. The lowest BCUT2D eigenvalue weighted by molar-refractivity contribution is 0.202. The fourth-order valence-electron chi connectivity index (χ4n) is 2.39. The van der Waals surface area contributed by atoms with Crippen molar-refractivity contribution in [3.8, 4) is 0 Å². The standard InChI is InChI=1S/C14H24N2O2S/c1-4-12-13(9-17)19-14(15-12)16(7-8-18-3)10(2)11-5-6-11/h10-11,17H,4-9H2,1-3H3. The highest BCUT2D eigenvalue weighted by atomic mass is 32.1. The molecule has 0 aliphatic heterocycles. The maximum Gasteiger partial charge on any atom is 0.186 e. The predicted octanol–water partition coefficient (Wildman–Crippen LogP) is 2.45. The van der Waals surface area contributed by atoms with E-state index in [0.717, 1.165) is 34.6 Å². The van der Waals surface area contributed by atoms with Gasteiger partial charge in [0.25, 0.3) is 0 Å². The first-order valence-electron chi connectivity index (χ1n) is 7.06. The molecule has 0 amide bonds. The van der Waals surface area contributed by atoms with Crippen LogP contribution in [0.3, 0.4) is 0 Å². The van der Waals surface area contributed by atoms with Crippen LogP contribution in [-0.2, 0) is 17.8 Å². The van der Waals surface area contributed by atoms with Gasteiger partial charge in [0.15, 0.2) is 5.13 Å². The van der Waals surface area contributed by atoms with E-state index in [2.05, 4.69) is 18.7 Å². The molecule has 1 atom stereocenters. The Morgan fingerprint density at radius 2 is 2.26 bits per heavy atom. The van der Waals surface area contributed by atoms with Crippen molar-refractivity contribution >= 4 is 16.5 Å². The highest BCUT2D eigenvalue weighted by Gasteiger charge is 2.33. The normalized spacial score (nSPS) is 16.6. The highest BCUT2D eigenvalue weighted by molar-refractivity contribution is 7.15. The van der Waals surface area contributed by atoms with E-state index in [9.17, 15) is 5.11 Å². The largest absolute Gasteiger partial charge is 0.391 e. The molecule has 4 nitrogen and oxygen atoms in total. The monoisotopic (exact) mass is 284 g/mol. The van der Waals surface area contributed by atoms with E-state index in [-0.39, 0.29) is 6.61 Å². The third kappa shape index (κ3) is 3.46. The van der Waals surface area contributed by atoms with Gasteiger partial charge in [-0.05, 0) is 32.1 Å². The molecule has 108 valence electrons. The van der Waals surface area contributed by atoms with Crippen molar-refractivity contribution in [1.82, 2.24) is 4.98 Å². The smallest absolute Gasteiger partial charge is 0.186 e. The van der Waals surface area contributed by atoms with Crippen LogP contribution in [0.15, 0.2) is 0 Å². The first-order valence-corrected chi connectivity index (χ1v) is 7.87. The molecule has 0 aromatic carbocycles. The zero-order chi connectivity index (χ0) is 13.8. The van der Waals surface area contributed by atoms with E-state index in [1.54, 1.807) is 18.4 Å². The van der Waals surface area contributed by atoms with Crippen LogP contribution in [0.1, 0.15) is 37.3 Å². The molecule has 0 spiro atoms. The van der Waals surface area contributed by atoms with Crippen LogP contribution in [0.4, 0.5) is 5.13 Å². The summed E-state index contributed by atoms with van der Waals surface area (Å²) in [5.74, 6) is 0.795. The number of nitrogens with zero attached hydrogens (tertiary/aromatic N) is 2. The maximum atomic E-state index is 9.41. The second-order valence-electron chi connectivity index (χ2n) is 5.14. The number of aryl methyl sites for hydroxylation is 1. The van der Waals surface area contributed by atoms with Crippen LogP contribution in [0.2, 0.25) is 0 Å². The van der Waals surface area contributed by atoms with E-state index in [1.165, 1.54) is 12.8 Å². The zero-order valence-corrected chi connectivity index (χ0v) is 12.9. The van der Waals surface area contributed by atoms with Crippen molar-refractivity contribution in [1.29, 1.82) is 0 Å². The van der Waals surface area contributed by atoms with Gasteiger partial charge in [-0.3, -0.25) is 0 Å². The number of aliphatic hydroxyl groups is 1. The molecule has 0 radical (unpaired) electrons. The first-order chi connectivity index (χ1) is 9.21. The van der Waals surface area contributed by atoms with Gasteiger partial charge in [-0.25, -0.2) is 4.98 Å². The minimum absolute atomic E-state index is 0.0940. The van der Waals surface area contributed by atoms with Crippen LogP contribution >= 0.6 is 11.3 Å². The Kier molecular flexibility index (Phi) is 5.19. The van der Waals surface area contributed by atoms with Gasteiger partial charge in [-0.1, -0.05) is 18.3 Å². The van der Waals surface area contributed by atoms with E-state index >= 15 is 0 Å². The number of methoxy groups -OCH3 is 1. The number of anilines is 1. The molecule has 1 fully saturated rings. The van der Waals surface area contributed by atoms with Gasteiger partial charge in [-0.2, -0.15) is 0 Å². The SMILES string of the molecule is CCc1nc(N(CCOC)C(C)C2CC2)sc1CO. The summed E-state index contributed by atoms with van der Waals surface area (Å²) in [7, 11) is 1.73. The number of aromatic nitrogens is 1. The average molecular weight is 284 g/mol. The lowest BCUT2D eigenvalue weighted by atomic mass is 10.2. The quantitative estimate of drug-likeness (QED) is 0.796. The number of hydrogen-bond donors (Lipinski definition) is 1. The van der Waals surface area contributed by atoms with E-state index in [4.69, 9.17) is 9.72 Å². The second-order valence-corrected chi connectivity index (χ2v) is 6.20. The summed E-state index contributed by atoms with van der Waals surface area (Å²) in [5, 5.41) is 10.4. The molecule has 1 N–H and O–H groups in total. The molecular formula is C14H24N2O2S. The average Bonchev–Trinajstić information content (AvgIpc) is 3.19. The molecule has 2 rings (SSSR count). The Bertz CT molecular complexity index is 383. The molecule has 5 heteroatoms. The molecule has 1 aromatic heterocycles. The first kappa shape index (κ1) is 14.8. The number of rotatable bonds is 8. The molecule has 1 aliphatic rings. The predicted molar refractivity (Wildman–Crippen MR) is 78.8 cm³/mol. The fraction of sp³-hybridized carbons (Fsp3) is 0.786. The van der Waals surface area contributed by atoms with Gasteiger partial charge in [0, 0.05) is 19.7 Å². The van der Waals surface area contributed by atoms with Gasteiger partial charge < -0.3 is 14.7 Å². The van der Waals surface area contributed by atoms with Crippen molar-refractivity contribution in [2.75, 3.05) is 25.2 Å². The zero-order valence-electron chi connectivity index (χ0n) is 12.1. The van der Waals surface area contributed by atoms with Crippen LogP contribution in [0.5, 0.6) is 0 Å². The second kappa shape index (κ2) is 6.68. The van der Waals surface area contributed by atoms with Crippen molar-refractivity contribution in [2.24, 2.45) is 5.92 Å². The lowest BCUT2D eigenvalue weighted by Crippen LogP contribution is -2.37. The number of aliphatic hydroxyl groups excluding tert-OH is 1. The van der Waals surface area contributed by atoms with Gasteiger partial charge in [0.05, 0.1) is 23.8 Å². The maximum absolute atomic E-state index is 9.41. The Balaban J connectivity index is 2.18. The van der Waals surface area contributed by atoms with Crippen molar-refractivity contribution in [3.63, 3.8) is 0 Å². The lowest BCUT2D eigenvalue weighted by Gasteiger charge is -2.28. The van der Waals surface area contributed by atoms with Crippen molar-refractivity contribution in [3.05, 3.63) is 10.6 Å². The third-order valence-corrected chi connectivity index (χ3v) is 4.94. The van der Waals surface area contributed by atoms with Gasteiger partial charge in [0.1, 0.15) is 0 Å². The number of thiazole rings is 1. The fourth-order valence-corrected chi connectivity index (χ4v) is 3.51. The van der Waals surface area contributed by atoms with E-state index in [0.29, 0.717) is 12.6 Å². The molecule has 1 heterocycles. The summed E-state index contributed by atoms with van der Waals surface area (Å²) in [6.07, 6.45) is 3.52. The Morgan fingerprint density at radius 1 is 1.53 bits per heavy atom.